The molecule has 4 heteroatoms. The number of fused-ring (bicyclic) bond motifs is 1. The zero-order valence-corrected chi connectivity index (χ0v) is 13.6. The molecule has 0 spiro atoms. The van der Waals surface area contributed by atoms with Gasteiger partial charge in [-0.2, -0.15) is 0 Å². The third-order valence-electron chi connectivity index (χ3n) is 4.20. The summed E-state index contributed by atoms with van der Waals surface area (Å²) >= 11 is 1.81. The van der Waals surface area contributed by atoms with Crippen molar-refractivity contribution in [3.8, 4) is 0 Å². The Balaban J connectivity index is 1.93. The van der Waals surface area contributed by atoms with Gasteiger partial charge >= 0.3 is 0 Å². The summed E-state index contributed by atoms with van der Waals surface area (Å²) in [5, 5.41) is 4.88. The Hall–Kier alpha value is -1.26. The van der Waals surface area contributed by atoms with Gasteiger partial charge in [0, 0.05) is 28.9 Å². The zero-order valence-electron chi connectivity index (χ0n) is 12.8. The molecule has 1 aliphatic rings. The third kappa shape index (κ3) is 3.16. The molecule has 0 amide bonds. The molecule has 0 aromatic carbocycles. The van der Waals surface area contributed by atoms with E-state index in [1.54, 1.807) is 0 Å². The molecule has 3 rings (SSSR count). The molecular weight excluding hydrogens is 278 g/mol. The van der Waals surface area contributed by atoms with Gasteiger partial charge in [-0.05, 0) is 50.8 Å². The van der Waals surface area contributed by atoms with Crippen molar-refractivity contribution in [2.24, 2.45) is 0 Å². The predicted molar refractivity (Wildman–Crippen MR) is 87.8 cm³/mol. The molecule has 2 unspecified atom stereocenters. The van der Waals surface area contributed by atoms with Crippen molar-refractivity contribution in [2.45, 2.75) is 51.5 Å². The highest BCUT2D eigenvalue weighted by Gasteiger charge is 2.30. The van der Waals surface area contributed by atoms with Crippen LogP contribution in [-0.2, 0) is 6.42 Å². The van der Waals surface area contributed by atoms with E-state index in [-0.39, 0.29) is 0 Å². The Morgan fingerprint density at radius 1 is 1.43 bits per heavy atom. The summed E-state index contributed by atoms with van der Waals surface area (Å²) in [7, 11) is 0. The number of hydrogen-bond acceptors (Lipinski definition) is 4. The number of pyridine rings is 1. The van der Waals surface area contributed by atoms with Crippen LogP contribution in [-0.4, -0.2) is 16.5 Å². The van der Waals surface area contributed by atoms with Gasteiger partial charge in [0.1, 0.15) is 0 Å². The van der Waals surface area contributed by atoms with Crippen LogP contribution in [0.4, 0.5) is 0 Å². The van der Waals surface area contributed by atoms with E-state index >= 15 is 0 Å². The van der Waals surface area contributed by atoms with Crippen LogP contribution in [0.1, 0.15) is 59.3 Å². The maximum atomic E-state index is 4.71. The van der Waals surface area contributed by atoms with Crippen molar-refractivity contribution < 1.29 is 0 Å². The van der Waals surface area contributed by atoms with Crippen molar-refractivity contribution in [1.29, 1.82) is 0 Å². The summed E-state index contributed by atoms with van der Waals surface area (Å²) in [6.07, 6.45) is 8.77. The summed E-state index contributed by atoms with van der Waals surface area (Å²) in [4.78, 5) is 10.5. The van der Waals surface area contributed by atoms with E-state index in [1.165, 1.54) is 35.4 Å². The van der Waals surface area contributed by atoms with Crippen LogP contribution in [0, 0.1) is 6.92 Å². The summed E-state index contributed by atoms with van der Waals surface area (Å²) in [5.74, 6) is 0.473. The molecule has 0 bridgehead atoms. The van der Waals surface area contributed by atoms with E-state index in [0.29, 0.717) is 12.0 Å². The third-order valence-corrected chi connectivity index (χ3v) is 5.20. The van der Waals surface area contributed by atoms with E-state index in [4.69, 9.17) is 4.98 Å². The quantitative estimate of drug-likeness (QED) is 0.907. The fourth-order valence-electron chi connectivity index (χ4n) is 3.23. The lowest BCUT2D eigenvalue weighted by molar-refractivity contribution is 0.398. The number of hydrogen-bond donors (Lipinski definition) is 1. The van der Waals surface area contributed by atoms with E-state index < -0.39 is 0 Å². The molecule has 0 aliphatic heterocycles. The Bertz CT molecular complexity index is 593. The first-order valence-electron chi connectivity index (χ1n) is 7.89. The fraction of sp³-hybridized carbons (Fsp3) is 0.529. The van der Waals surface area contributed by atoms with E-state index in [0.717, 1.165) is 18.0 Å². The smallest absolute Gasteiger partial charge is 0.0897 e. The molecule has 2 aromatic heterocycles. The van der Waals surface area contributed by atoms with Crippen LogP contribution in [0.25, 0.3) is 0 Å². The largest absolute Gasteiger partial charge is 0.309 e. The molecule has 1 aliphatic carbocycles. The van der Waals surface area contributed by atoms with Gasteiger partial charge in [-0.25, -0.2) is 4.98 Å². The molecule has 2 heterocycles. The minimum atomic E-state index is 0.352. The van der Waals surface area contributed by atoms with E-state index in [9.17, 15) is 0 Å². The zero-order chi connectivity index (χ0) is 14.7. The highest BCUT2D eigenvalue weighted by atomic mass is 32.1. The van der Waals surface area contributed by atoms with Gasteiger partial charge in [-0.15, -0.1) is 11.3 Å². The molecule has 0 fully saturated rings. The summed E-state index contributed by atoms with van der Waals surface area (Å²) < 4.78 is 0. The molecule has 0 radical (unpaired) electrons. The van der Waals surface area contributed by atoms with Crippen LogP contribution in [0.5, 0.6) is 0 Å². The molecule has 2 aromatic rings. The Labute approximate surface area is 130 Å². The molecular formula is C17H23N3S. The van der Waals surface area contributed by atoms with Gasteiger partial charge in [0.2, 0.25) is 0 Å². The SMILES string of the molecule is CCCNC(c1cnc(C)s1)C1CCCc2cccnc21. The Morgan fingerprint density at radius 3 is 3.10 bits per heavy atom. The molecule has 2 atom stereocenters. The van der Waals surface area contributed by atoms with Crippen molar-refractivity contribution in [3.05, 3.63) is 45.7 Å². The van der Waals surface area contributed by atoms with Crippen LogP contribution < -0.4 is 5.32 Å². The van der Waals surface area contributed by atoms with Gasteiger partial charge in [0.15, 0.2) is 0 Å². The highest BCUT2D eigenvalue weighted by molar-refractivity contribution is 7.11. The van der Waals surface area contributed by atoms with Gasteiger partial charge < -0.3 is 5.32 Å². The minimum Gasteiger partial charge on any atom is -0.309 e. The topological polar surface area (TPSA) is 37.8 Å². The van der Waals surface area contributed by atoms with Gasteiger partial charge in [0.05, 0.1) is 11.0 Å². The number of thiazole rings is 1. The van der Waals surface area contributed by atoms with Crippen molar-refractivity contribution >= 4 is 11.3 Å². The minimum absolute atomic E-state index is 0.352. The van der Waals surface area contributed by atoms with Crippen LogP contribution in [0.15, 0.2) is 24.5 Å². The van der Waals surface area contributed by atoms with E-state index in [2.05, 4.69) is 36.3 Å². The van der Waals surface area contributed by atoms with Crippen molar-refractivity contribution in [3.63, 3.8) is 0 Å². The second-order valence-electron chi connectivity index (χ2n) is 5.76. The van der Waals surface area contributed by atoms with Crippen LogP contribution >= 0.6 is 11.3 Å². The number of nitrogens with one attached hydrogen (secondary N) is 1. The summed E-state index contributed by atoms with van der Waals surface area (Å²) in [5.41, 5.74) is 2.72. The number of rotatable bonds is 5. The number of aryl methyl sites for hydroxylation is 2. The maximum absolute atomic E-state index is 4.71. The lowest BCUT2D eigenvalue weighted by Gasteiger charge is -2.31. The molecule has 0 saturated heterocycles. The maximum Gasteiger partial charge on any atom is 0.0897 e. The van der Waals surface area contributed by atoms with Crippen molar-refractivity contribution in [2.75, 3.05) is 6.54 Å². The van der Waals surface area contributed by atoms with Gasteiger partial charge in [0.25, 0.3) is 0 Å². The monoisotopic (exact) mass is 301 g/mol. The molecule has 0 saturated carbocycles. The van der Waals surface area contributed by atoms with Crippen LogP contribution in [0.2, 0.25) is 0 Å². The second-order valence-corrected chi connectivity index (χ2v) is 7.03. The average Bonchev–Trinajstić information content (AvgIpc) is 2.94. The lowest BCUT2D eigenvalue weighted by Crippen LogP contribution is -2.30. The molecule has 1 N–H and O–H groups in total. The standard InChI is InChI=1S/C17H23N3S/c1-3-9-18-17(15-11-20-12(2)21-15)14-8-4-6-13-7-5-10-19-16(13)14/h5,7,10-11,14,17-18H,3-4,6,8-9H2,1-2H3. The Kier molecular flexibility index (Phi) is 4.66. The van der Waals surface area contributed by atoms with Crippen molar-refractivity contribution in [1.82, 2.24) is 15.3 Å². The fourth-order valence-corrected chi connectivity index (χ4v) is 4.16. The highest BCUT2D eigenvalue weighted by Crippen LogP contribution is 2.40. The molecule has 3 nitrogen and oxygen atoms in total. The second kappa shape index (κ2) is 6.67. The van der Waals surface area contributed by atoms with Gasteiger partial charge in [-0.1, -0.05) is 13.0 Å². The first-order valence-corrected chi connectivity index (χ1v) is 8.70. The summed E-state index contributed by atoms with van der Waals surface area (Å²) in [6.45, 7) is 5.34. The van der Waals surface area contributed by atoms with E-state index in [1.807, 2.05) is 23.7 Å². The first kappa shape index (κ1) is 14.7. The molecule has 21 heavy (non-hydrogen) atoms. The van der Waals surface area contributed by atoms with Crippen LogP contribution in [0.3, 0.4) is 0 Å². The van der Waals surface area contributed by atoms with Gasteiger partial charge in [-0.3, -0.25) is 4.98 Å². The normalized spacial score (nSPS) is 19.2. The predicted octanol–water partition coefficient (Wildman–Crippen LogP) is 4.01. The Morgan fingerprint density at radius 2 is 2.33 bits per heavy atom. The first-order chi connectivity index (χ1) is 10.3. The molecule has 112 valence electrons. The average molecular weight is 301 g/mol. The summed E-state index contributed by atoms with van der Waals surface area (Å²) in [6, 6.07) is 4.65. The number of nitrogens with zero attached hydrogens (tertiary/aromatic N) is 2. The lowest BCUT2D eigenvalue weighted by atomic mass is 9.81. The number of aromatic nitrogens is 2.